The van der Waals surface area contributed by atoms with Gasteiger partial charge in [-0.05, 0) is 31.7 Å². The molecule has 0 amide bonds. The fourth-order valence-electron chi connectivity index (χ4n) is 2.55. The molecular formula is C14H22N2O4S. The molecule has 0 atom stereocenters. The molecule has 0 spiro atoms. The lowest BCUT2D eigenvalue weighted by atomic mass is 9.82. The van der Waals surface area contributed by atoms with Crippen LogP contribution in [0, 0.1) is 15.5 Å². The third-order valence-electron chi connectivity index (χ3n) is 2.72. The number of non-ortho nitro benzene ring substituents is 1. The van der Waals surface area contributed by atoms with E-state index in [4.69, 9.17) is 0 Å². The first-order chi connectivity index (χ1) is 9.32. The molecule has 1 N–H and O–H groups in total. The van der Waals surface area contributed by atoms with Gasteiger partial charge in [0.1, 0.15) is 0 Å². The molecule has 6 nitrogen and oxygen atoms in total. The molecule has 0 saturated heterocycles. The number of sulfonamides is 1. The largest absolute Gasteiger partial charge is 0.270 e. The smallest absolute Gasteiger partial charge is 0.258 e. The third-order valence-corrected chi connectivity index (χ3v) is 4.42. The SMILES string of the molecule is CC(C)(C)CC(C)(C)NS(=O)(=O)c1cccc([N+](=O)[O-])c1. The standard InChI is InChI=1S/C14H22N2O4S/c1-13(2,3)10-14(4,5)15-21(19,20)12-8-6-7-11(9-12)16(17)18/h6-9,15H,10H2,1-5H3. The van der Waals surface area contributed by atoms with E-state index in [1.54, 1.807) is 13.8 Å². The number of hydrogen-bond acceptors (Lipinski definition) is 4. The molecule has 0 aliphatic heterocycles. The Morgan fingerprint density at radius 3 is 2.24 bits per heavy atom. The topological polar surface area (TPSA) is 89.3 Å². The average molecular weight is 314 g/mol. The van der Waals surface area contributed by atoms with Crippen molar-refractivity contribution in [1.82, 2.24) is 4.72 Å². The van der Waals surface area contributed by atoms with E-state index in [1.807, 2.05) is 20.8 Å². The van der Waals surface area contributed by atoms with E-state index in [2.05, 4.69) is 4.72 Å². The van der Waals surface area contributed by atoms with Crippen molar-refractivity contribution in [3.8, 4) is 0 Å². The van der Waals surface area contributed by atoms with E-state index in [0.29, 0.717) is 6.42 Å². The zero-order chi connectivity index (χ0) is 16.5. The number of benzene rings is 1. The normalized spacial score (nSPS) is 13.2. The van der Waals surface area contributed by atoms with Crippen LogP contribution < -0.4 is 4.72 Å². The molecule has 1 aromatic rings. The van der Waals surface area contributed by atoms with Crippen molar-refractivity contribution in [3.63, 3.8) is 0 Å². The molecule has 118 valence electrons. The van der Waals surface area contributed by atoms with Crippen LogP contribution in [0.25, 0.3) is 0 Å². The van der Waals surface area contributed by atoms with Gasteiger partial charge in [0.15, 0.2) is 0 Å². The Bertz CT molecular complexity index is 631. The molecule has 1 rings (SSSR count). The summed E-state index contributed by atoms with van der Waals surface area (Å²) in [6.45, 7) is 9.67. The lowest BCUT2D eigenvalue weighted by Crippen LogP contribution is -2.45. The van der Waals surface area contributed by atoms with Gasteiger partial charge in [0, 0.05) is 17.7 Å². The molecule has 0 aromatic heterocycles. The van der Waals surface area contributed by atoms with E-state index >= 15 is 0 Å². The summed E-state index contributed by atoms with van der Waals surface area (Å²) in [5, 5.41) is 10.7. The second-order valence-electron chi connectivity index (χ2n) is 6.98. The van der Waals surface area contributed by atoms with Crippen molar-refractivity contribution in [2.24, 2.45) is 5.41 Å². The second kappa shape index (κ2) is 5.73. The van der Waals surface area contributed by atoms with Crippen molar-refractivity contribution < 1.29 is 13.3 Å². The van der Waals surface area contributed by atoms with Crippen LogP contribution in [0.1, 0.15) is 41.0 Å². The van der Waals surface area contributed by atoms with Crippen LogP contribution in [0.3, 0.4) is 0 Å². The number of hydrogen-bond donors (Lipinski definition) is 1. The predicted octanol–water partition coefficient (Wildman–Crippen LogP) is 3.09. The summed E-state index contributed by atoms with van der Waals surface area (Å²) in [7, 11) is -3.80. The molecule has 0 aliphatic rings. The number of nitrogens with zero attached hydrogens (tertiary/aromatic N) is 1. The molecule has 0 fully saturated rings. The first kappa shape index (κ1) is 17.6. The van der Waals surface area contributed by atoms with Crippen LogP contribution in [-0.4, -0.2) is 18.9 Å². The van der Waals surface area contributed by atoms with Gasteiger partial charge in [-0.3, -0.25) is 10.1 Å². The minimum absolute atomic E-state index is 0.0469. The highest BCUT2D eigenvalue weighted by molar-refractivity contribution is 7.89. The Labute approximate surface area is 125 Å². The maximum absolute atomic E-state index is 12.4. The van der Waals surface area contributed by atoms with E-state index < -0.39 is 20.5 Å². The van der Waals surface area contributed by atoms with Gasteiger partial charge in [0.2, 0.25) is 10.0 Å². The maximum Gasteiger partial charge on any atom is 0.270 e. The number of nitrogens with one attached hydrogen (secondary N) is 1. The van der Waals surface area contributed by atoms with Gasteiger partial charge in [0.25, 0.3) is 5.69 Å². The van der Waals surface area contributed by atoms with E-state index in [9.17, 15) is 18.5 Å². The maximum atomic E-state index is 12.4. The van der Waals surface area contributed by atoms with Crippen LogP contribution in [0.5, 0.6) is 0 Å². The van der Waals surface area contributed by atoms with E-state index in [1.165, 1.54) is 18.2 Å². The molecule has 7 heteroatoms. The first-order valence-electron chi connectivity index (χ1n) is 6.61. The van der Waals surface area contributed by atoms with Crippen LogP contribution in [-0.2, 0) is 10.0 Å². The highest BCUT2D eigenvalue weighted by atomic mass is 32.2. The number of nitro benzene ring substituents is 1. The Morgan fingerprint density at radius 1 is 1.19 bits per heavy atom. The van der Waals surface area contributed by atoms with Gasteiger partial charge < -0.3 is 0 Å². The molecular weight excluding hydrogens is 292 g/mol. The summed E-state index contributed by atoms with van der Waals surface area (Å²) in [4.78, 5) is 10.0. The molecule has 0 aliphatic carbocycles. The Hall–Kier alpha value is -1.47. The average Bonchev–Trinajstić information content (AvgIpc) is 2.24. The molecule has 0 radical (unpaired) electrons. The molecule has 0 bridgehead atoms. The van der Waals surface area contributed by atoms with Crippen LogP contribution in [0.15, 0.2) is 29.2 Å². The fraction of sp³-hybridized carbons (Fsp3) is 0.571. The monoisotopic (exact) mass is 314 g/mol. The zero-order valence-corrected chi connectivity index (χ0v) is 13.8. The van der Waals surface area contributed by atoms with Crippen molar-refractivity contribution in [2.45, 2.75) is 51.5 Å². The Morgan fingerprint density at radius 2 is 1.76 bits per heavy atom. The summed E-state index contributed by atoms with van der Waals surface area (Å²) < 4.78 is 27.4. The van der Waals surface area contributed by atoms with Crippen molar-refractivity contribution in [3.05, 3.63) is 34.4 Å². The van der Waals surface area contributed by atoms with Crippen LogP contribution >= 0.6 is 0 Å². The molecule has 21 heavy (non-hydrogen) atoms. The van der Waals surface area contributed by atoms with Gasteiger partial charge in [0.05, 0.1) is 9.82 Å². The minimum Gasteiger partial charge on any atom is -0.258 e. The summed E-state index contributed by atoms with van der Waals surface area (Å²) in [5.41, 5.74) is -0.942. The van der Waals surface area contributed by atoms with Gasteiger partial charge in [-0.2, -0.15) is 0 Å². The second-order valence-corrected chi connectivity index (χ2v) is 8.66. The van der Waals surface area contributed by atoms with Gasteiger partial charge >= 0.3 is 0 Å². The van der Waals surface area contributed by atoms with Crippen molar-refractivity contribution in [2.75, 3.05) is 0 Å². The van der Waals surface area contributed by atoms with Gasteiger partial charge in [-0.25, -0.2) is 13.1 Å². The summed E-state index contributed by atoms with van der Waals surface area (Å²) >= 11 is 0. The quantitative estimate of drug-likeness (QED) is 0.668. The van der Waals surface area contributed by atoms with Crippen molar-refractivity contribution in [1.29, 1.82) is 0 Å². The highest BCUT2D eigenvalue weighted by Crippen LogP contribution is 2.28. The molecule has 1 aromatic carbocycles. The van der Waals surface area contributed by atoms with Gasteiger partial charge in [-0.1, -0.05) is 26.8 Å². The van der Waals surface area contributed by atoms with E-state index in [0.717, 1.165) is 6.07 Å². The Balaban J connectivity index is 3.07. The molecule has 0 heterocycles. The predicted molar refractivity (Wildman–Crippen MR) is 81.6 cm³/mol. The Kier molecular flexibility index (Phi) is 4.80. The number of rotatable bonds is 5. The molecule has 0 unspecified atom stereocenters. The zero-order valence-electron chi connectivity index (χ0n) is 13.0. The summed E-state index contributed by atoms with van der Waals surface area (Å²) in [6.07, 6.45) is 0.633. The highest BCUT2D eigenvalue weighted by Gasteiger charge is 2.31. The summed E-state index contributed by atoms with van der Waals surface area (Å²) in [5.74, 6) is 0. The summed E-state index contributed by atoms with van der Waals surface area (Å²) in [6, 6.07) is 5.04. The number of nitro groups is 1. The van der Waals surface area contributed by atoms with Gasteiger partial charge in [-0.15, -0.1) is 0 Å². The molecule has 0 saturated carbocycles. The first-order valence-corrected chi connectivity index (χ1v) is 8.09. The van der Waals surface area contributed by atoms with Crippen LogP contribution in [0.4, 0.5) is 5.69 Å². The van der Waals surface area contributed by atoms with Crippen molar-refractivity contribution >= 4 is 15.7 Å². The lowest BCUT2D eigenvalue weighted by Gasteiger charge is -2.32. The van der Waals surface area contributed by atoms with E-state index in [-0.39, 0.29) is 16.0 Å². The minimum atomic E-state index is -3.80. The van der Waals surface area contributed by atoms with Crippen LogP contribution in [0.2, 0.25) is 0 Å². The third kappa shape index (κ3) is 5.43. The lowest BCUT2D eigenvalue weighted by molar-refractivity contribution is -0.385. The fourth-order valence-corrected chi connectivity index (χ4v) is 4.00.